The van der Waals surface area contributed by atoms with E-state index in [2.05, 4.69) is 10.1 Å². The molecule has 0 bridgehead atoms. The number of carbonyl (C=O) groups excluding carboxylic acids is 2. The van der Waals surface area contributed by atoms with E-state index < -0.39 is 5.97 Å². The molecule has 0 unspecified atom stereocenters. The van der Waals surface area contributed by atoms with Crippen LogP contribution < -0.4 is 5.32 Å². The van der Waals surface area contributed by atoms with Gasteiger partial charge < -0.3 is 10.1 Å². The third kappa shape index (κ3) is 3.36. The standard InChI is InChI=1S/C10H13NO3S/c1-3-14-9(12)6-11-10(13)8-4-5-15-7(8)2/h4-5H,3,6H2,1-2H3,(H,11,13). The van der Waals surface area contributed by atoms with Crippen LogP contribution in [0.5, 0.6) is 0 Å². The molecule has 0 fully saturated rings. The number of ether oxygens (including phenoxy) is 1. The van der Waals surface area contributed by atoms with Crippen molar-refractivity contribution in [1.29, 1.82) is 0 Å². The minimum Gasteiger partial charge on any atom is -0.465 e. The molecule has 1 amide bonds. The van der Waals surface area contributed by atoms with Crippen molar-refractivity contribution in [2.45, 2.75) is 13.8 Å². The third-order valence-corrected chi connectivity index (χ3v) is 2.65. The average Bonchev–Trinajstić information content (AvgIpc) is 2.61. The molecule has 0 aliphatic rings. The maximum Gasteiger partial charge on any atom is 0.325 e. The van der Waals surface area contributed by atoms with Gasteiger partial charge in [0.05, 0.1) is 12.2 Å². The molecule has 1 heterocycles. The number of rotatable bonds is 4. The summed E-state index contributed by atoms with van der Waals surface area (Å²) < 4.78 is 4.69. The summed E-state index contributed by atoms with van der Waals surface area (Å²) in [6.45, 7) is 3.83. The van der Waals surface area contributed by atoms with Crippen molar-refractivity contribution < 1.29 is 14.3 Å². The lowest BCUT2D eigenvalue weighted by Crippen LogP contribution is -2.30. The van der Waals surface area contributed by atoms with Crippen molar-refractivity contribution >= 4 is 23.2 Å². The second-order valence-electron chi connectivity index (χ2n) is 2.88. The summed E-state index contributed by atoms with van der Waals surface area (Å²) in [5.74, 6) is -0.652. The van der Waals surface area contributed by atoms with E-state index in [0.29, 0.717) is 12.2 Å². The Morgan fingerprint density at radius 2 is 2.27 bits per heavy atom. The van der Waals surface area contributed by atoms with Crippen molar-refractivity contribution in [2.24, 2.45) is 0 Å². The molecule has 1 aromatic rings. The van der Waals surface area contributed by atoms with Crippen LogP contribution in [-0.4, -0.2) is 25.0 Å². The molecule has 1 rings (SSSR count). The van der Waals surface area contributed by atoms with E-state index in [1.54, 1.807) is 13.0 Å². The Labute approximate surface area is 92.2 Å². The fraction of sp³-hybridized carbons (Fsp3) is 0.400. The fourth-order valence-electron chi connectivity index (χ4n) is 1.08. The first-order chi connectivity index (χ1) is 7.15. The number of hydrogen-bond donors (Lipinski definition) is 1. The molecule has 0 aromatic carbocycles. The van der Waals surface area contributed by atoms with Gasteiger partial charge in [-0.3, -0.25) is 9.59 Å². The number of carbonyl (C=O) groups is 2. The molecule has 0 atom stereocenters. The molecule has 0 aliphatic carbocycles. The smallest absolute Gasteiger partial charge is 0.325 e. The first-order valence-electron chi connectivity index (χ1n) is 4.63. The lowest BCUT2D eigenvalue weighted by molar-refractivity contribution is -0.141. The topological polar surface area (TPSA) is 55.4 Å². The van der Waals surface area contributed by atoms with Gasteiger partial charge >= 0.3 is 5.97 Å². The van der Waals surface area contributed by atoms with E-state index in [4.69, 9.17) is 0 Å². The van der Waals surface area contributed by atoms with Gasteiger partial charge in [-0.25, -0.2) is 0 Å². The Kier molecular flexibility index (Phi) is 4.30. The molecular formula is C10H13NO3S. The van der Waals surface area contributed by atoms with E-state index in [-0.39, 0.29) is 12.5 Å². The van der Waals surface area contributed by atoms with Crippen molar-refractivity contribution in [3.8, 4) is 0 Å². The minimum absolute atomic E-state index is 0.0814. The Hall–Kier alpha value is -1.36. The molecule has 1 N–H and O–H groups in total. The second kappa shape index (κ2) is 5.50. The number of aryl methyl sites for hydroxylation is 1. The van der Waals surface area contributed by atoms with Crippen LogP contribution in [0.4, 0.5) is 0 Å². The zero-order valence-electron chi connectivity index (χ0n) is 8.70. The first-order valence-corrected chi connectivity index (χ1v) is 5.51. The Morgan fingerprint density at radius 1 is 1.53 bits per heavy atom. The van der Waals surface area contributed by atoms with Gasteiger partial charge in [-0.2, -0.15) is 0 Å². The number of thiophene rings is 1. The Bertz CT molecular complexity index is 359. The number of amides is 1. The lowest BCUT2D eigenvalue weighted by atomic mass is 10.2. The molecule has 4 nitrogen and oxygen atoms in total. The zero-order valence-corrected chi connectivity index (χ0v) is 9.52. The summed E-state index contributed by atoms with van der Waals surface area (Å²) in [6, 6.07) is 1.74. The largest absolute Gasteiger partial charge is 0.465 e. The average molecular weight is 227 g/mol. The van der Waals surface area contributed by atoms with Gasteiger partial charge in [0.2, 0.25) is 0 Å². The first kappa shape index (κ1) is 11.7. The summed E-state index contributed by atoms with van der Waals surface area (Å²) in [5, 5.41) is 4.35. The summed E-state index contributed by atoms with van der Waals surface area (Å²) in [7, 11) is 0. The van der Waals surface area contributed by atoms with E-state index >= 15 is 0 Å². The van der Waals surface area contributed by atoms with Crippen LogP contribution in [0.2, 0.25) is 0 Å². The molecule has 0 aliphatic heterocycles. The van der Waals surface area contributed by atoms with Crippen molar-refractivity contribution in [1.82, 2.24) is 5.32 Å². The maximum atomic E-state index is 11.5. The molecule has 0 saturated heterocycles. The quantitative estimate of drug-likeness (QED) is 0.790. The molecule has 15 heavy (non-hydrogen) atoms. The van der Waals surface area contributed by atoms with Crippen LogP contribution in [0.15, 0.2) is 11.4 Å². The van der Waals surface area contributed by atoms with Crippen LogP contribution >= 0.6 is 11.3 Å². The van der Waals surface area contributed by atoms with Gasteiger partial charge in [0.15, 0.2) is 0 Å². The van der Waals surface area contributed by atoms with E-state index in [1.807, 2.05) is 12.3 Å². The minimum atomic E-state index is -0.418. The lowest BCUT2D eigenvalue weighted by Gasteiger charge is -2.04. The van der Waals surface area contributed by atoms with E-state index in [9.17, 15) is 9.59 Å². The molecule has 0 radical (unpaired) electrons. The van der Waals surface area contributed by atoms with Crippen LogP contribution in [0.3, 0.4) is 0 Å². The van der Waals surface area contributed by atoms with E-state index in [1.165, 1.54) is 11.3 Å². The predicted molar refractivity (Wildman–Crippen MR) is 58.0 cm³/mol. The van der Waals surface area contributed by atoms with Gasteiger partial charge in [-0.15, -0.1) is 11.3 Å². The number of nitrogens with one attached hydrogen (secondary N) is 1. The fourth-order valence-corrected chi connectivity index (χ4v) is 1.78. The molecular weight excluding hydrogens is 214 g/mol. The van der Waals surface area contributed by atoms with Crippen molar-refractivity contribution in [2.75, 3.05) is 13.2 Å². The van der Waals surface area contributed by atoms with Crippen molar-refractivity contribution in [3.05, 3.63) is 21.9 Å². The van der Waals surface area contributed by atoms with Crippen LogP contribution in [-0.2, 0) is 9.53 Å². The zero-order chi connectivity index (χ0) is 11.3. The van der Waals surface area contributed by atoms with Crippen LogP contribution in [0.1, 0.15) is 22.2 Å². The maximum absolute atomic E-state index is 11.5. The summed E-state index contributed by atoms with van der Waals surface area (Å²) in [5.41, 5.74) is 0.615. The molecule has 5 heteroatoms. The monoisotopic (exact) mass is 227 g/mol. The number of esters is 1. The van der Waals surface area contributed by atoms with Gasteiger partial charge in [0.25, 0.3) is 5.91 Å². The van der Waals surface area contributed by atoms with Crippen LogP contribution in [0.25, 0.3) is 0 Å². The van der Waals surface area contributed by atoms with Gasteiger partial charge in [-0.1, -0.05) is 0 Å². The van der Waals surface area contributed by atoms with E-state index in [0.717, 1.165) is 4.88 Å². The third-order valence-electron chi connectivity index (χ3n) is 1.80. The van der Waals surface area contributed by atoms with Crippen LogP contribution in [0, 0.1) is 6.92 Å². The SMILES string of the molecule is CCOC(=O)CNC(=O)c1ccsc1C. The van der Waals surface area contributed by atoms with Gasteiger partial charge in [0.1, 0.15) is 6.54 Å². The summed E-state index contributed by atoms with van der Waals surface area (Å²) in [6.07, 6.45) is 0. The molecule has 82 valence electrons. The van der Waals surface area contributed by atoms with Crippen molar-refractivity contribution in [3.63, 3.8) is 0 Å². The number of hydrogen-bond acceptors (Lipinski definition) is 4. The highest BCUT2D eigenvalue weighted by Gasteiger charge is 2.11. The van der Waals surface area contributed by atoms with Gasteiger partial charge in [-0.05, 0) is 25.3 Å². The van der Waals surface area contributed by atoms with Gasteiger partial charge in [0, 0.05) is 4.88 Å². The molecule has 0 spiro atoms. The second-order valence-corrected chi connectivity index (χ2v) is 4.00. The highest BCUT2D eigenvalue weighted by atomic mass is 32.1. The molecule has 0 saturated carbocycles. The normalized spacial score (nSPS) is 9.73. The summed E-state index contributed by atoms with van der Waals surface area (Å²) >= 11 is 1.50. The summed E-state index contributed by atoms with van der Waals surface area (Å²) in [4.78, 5) is 23.4. The predicted octanol–water partition coefficient (Wildman–Crippen LogP) is 1.35. The molecule has 1 aromatic heterocycles. The Balaban J connectivity index is 2.44. The highest BCUT2D eigenvalue weighted by Crippen LogP contribution is 2.14. The Morgan fingerprint density at radius 3 is 2.80 bits per heavy atom. The highest BCUT2D eigenvalue weighted by molar-refractivity contribution is 7.10.